The lowest BCUT2D eigenvalue weighted by atomic mass is 10.2. The minimum atomic E-state index is -0.824. The molecule has 0 aliphatic carbocycles. The van der Waals surface area contributed by atoms with Gasteiger partial charge >= 0.3 is 5.97 Å². The zero-order chi connectivity index (χ0) is 20.1. The van der Waals surface area contributed by atoms with Crippen LogP contribution in [0.25, 0.3) is 10.8 Å². The molecule has 0 fully saturated rings. The number of aromatic nitrogens is 2. The summed E-state index contributed by atoms with van der Waals surface area (Å²) in [6.07, 6.45) is 0. The van der Waals surface area contributed by atoms with Gasteiger partial charge in [0.25, 0.3) is 17.0 Å². The van der Waals surface area contributed by atoms with Crippen molar-refractivity contribution < 1.29 is 14.3 Å². The molecule has 2 N–H and O–H groups in total. The van der Waals surface area contributed by atoms with Crippen molar-refractivity contribution >= 4 is 34.2 Å². The molecule has 8 nitrogen and oxygen atoms in total. The van der Waals surface area contributed by atoms with E-state index in [1.54, 1.807) is 36.4 Å². The number of carbonyl (C=O) groups excluding carboxylic acids is 2. The molecule has 2 aromatic carbocycles. The molecule has 0 saturated carbocycles. The lowest BCUT2D eigenvalue weighted by Gasteiger charge is -2.08. The molecule has 0 aliphatic rings. The Labute approximate surface area is 163 Å². The molecule has 0 aliphatic heterocycles. The first-order valence-corrected chi connectivity index (χ1v) is 8.70. The fraction of sp³-hybridized carbons (Fsp3) is 0.158. The normalized spacial score (nSPS) is 10.6. The standard InChI is InChI=1S/C19H16ClN3O5/c20-13-7-5-12(6-8-13)9-21-16(24)11-28-17(25)10-23-19(27)15-4-2-1-3-14(15)18(26)22-23/h1-8H,9-11H2,(H,21,24)(H,22,26). The van der Waals surface area contributed by atoms with Crippen LogP contribution >= 0.6 is 11.6 Å². The molecular weight excluding hydrogens is 386 g/mol. The Balaban J connectivity index is 1.56. The number of nitrogens with one attached hydrogen (secondary N) is 2. The number of carbonyl (C=O) groups is 2. The SMILES string of the molecule is O=C(COC(=O)Cn1[nH]c(=O)c2ccccc2c1=O)NCc1ccc(Cl)cc1. The van der Waals surface area contributed by atoms with Crippen molar-refractivity contribution in [3.8, 4) is 0 Å². The van der Waals surface area contributed by atoms with Crippen LogP contribution in [-0.4, -0.2) is 28.3 Å². The van der Waals surface area contributed by atoms with Gasteiger partial charge < -0.3 is 10.1 Å². The first-order valence-electron chi connectivity index (χ1n) is 8.32. The predicted octanol–water partition coefficient (Wildman–Crippen LogP) is 1.20. The summed E-state index contributed by atoms with van der Waals surface area (Å²) in [4.78, 5) is 48.1. The van der Waals surface area contributed by atoms with E-state index in [4.69, 9.17) is 16.3 Å². The van der Waals surface area contributed by atoms with Crippen LogP contribution in [0.3, 0.4) is 0 Å². The van der Waals surface area contributed by atoms with E-state index < -0.39 is 36.1 Å². The average Bonchev–Trinajstić information content (AvgIpc) is 2.70. The van der Waals surface area contributed by atoms with Crippen molar-refractivity contribution in [1.29, 1.82) is 0 Å². The smallest absolute Gasteiger partial charge is 0.328 e. The van der Waals surface area contributed by atoms with E-state index >= 15 is 0 Å². The summed E-state index contributed by atoms with van der Waals surface area (Å²) in [5, 5.41) is 5.94. The number of esters is 1. The number of halogens is 1. The second-order valence-corrected chi connectivity index (χ2v) is 6.38. The maximum absolute atomic E-state index is 12.3. The zero-order valence-corrected chi connectivity index (χ0v) is 15.4. The van der Waals surface area contributed by atoms with E-state index in [0.29, 0.717) is 5.02 Å². The molecule has 0 bridgehead atoms. The van der Waals surface area contributed by atoms with Gasteiger partial charge in [0.1, 0.15) is 6.54 Å². The van der Waals surface area contributed by atoms with Crippen molar-refractivity contribution in [3.63, 3.8) is 0 Å². The van der Waals surface area contributed by atoms with Gasteiger partial charge in [0.15, 0.2) is 6.61 Å². The Kier molecular flexibility index (Phi) is 5.90. The van der Waals surface area contributed by atoms with E-state index in [0.717, 1.165) is 10.2 Å². The molecule has 144 valence electrons. The monoisotopic (exact) mass is 401 g/mol. The first kappa shape index (κ1) is 19.4. The van der Waals surface area contributed by atoms with Gasteiger partial charge in [-0.1, -0.05) is 35.9 Å². The topological polar surface area (TPSA) is 110 Å². The number of rotatable bonds is 6. The van der Waals surface area contributed by atoms with Gasteiger partial charge in [0, 0.05) is 11.6 Å². The maximum Gasteiger partial charge on any atom is 0.328 e. The number of hydrogen-bond donors (Lipinski definition) is 2. The minimum absolute atomic E-state index is 0.194. The summed E-state index contributed by atoms with van der Waals surface area (Å²) in [5.74, 6) is -1.32. The number of ether oxygens (including phenoxy) is 1. The lowest BCUT2D eigenvalue weighted by Crippen LogP contribution is -2.34. The molecule has 0 radical (unpaired) electrons. The fourth-order valence-corrected chi connectivity index (χ4v) is 2.66. The van der Waals surface area contributed by atoms with Crippen molar-refractivity contribution in [1.82, 2.24) is 15.1 Å². The van der Waals surface area contributed by atoms with Crippen LogP contribution in [0.15, 0.2) is 58.1 Å². The van der Waals surface area contributed by atoms with Crippen LogP contribution in [-0.2, 0) is 27.4 Å². The van der Waals surface area contributed by atoms with Crippen LogP contribution in [0.2, 0.25) is 5.02 Å². The highest BCUT2D eigenvalue weighted by Gasteiger charge is 2.12. The summed E-state index contributed by atoms with van der Waals surface area (Å²) in [5.41, 5.74) is -0.188. The van der Waals surface area contributed by atoms with Gasteiger partial charge in [0.05, 0.1) is 10.8 Å². The van der Waals surface area contributed by atoms with Crippen LogP contribution in [0.4, 0.5) is 0 Å². The molecule has 0 spiro atoms. The Morgan fingerprint density at radius 2 is 1.71 bits per heavy atom. The molecule has 0 atom stereocenters. The molecule has 1 aromatic heterocycles. The minimum Gasteiger partial charge on any atom is -0.454 e. The molecule has 1 amide bonds. The second kappa shape index (κ2) is 8.53. The van der Waals surface area contributed by atoms with Gasteiger partial charge in [-0.05, 0) is 29.8 Å². The molecule has 9 heteroatoms. The number of hydrogen-bond acceptors (Lipinski definition) is 5. The third kappa shape index (κ3) is 4.66. The van der Waals surface area contributed by atoms with Crippen molar-refractivity contribution in [3.05, 3.63) is 79.8 Å². The maximum atomic E-state index is 12.3. The summed E-state index contributed by atoms with van der Waals surface area (Å²) in [7, 11) is 0. The molecular formula is C19H16ClN3O5. The molecule has 28 heavy (non-hydrogen) atoms. The Morgan fingerprint density at radius 1 is 1.04 bits per heavy atom. The molecule has 0 saturated heterocycles. The number of H-pyrrole nitrogens is 1. The summed E-state index contributed by atoms with van der Waals surface area (Å²) in [6.45, 7) is -0.757. The summed E-state index contributed by atoms with van der Waals surface area (Å²) >= 11 is 5.79. The number of fused-ring (bicyclic) bond motifs is 1. The van der Waals surface area contributed by atoms with Gasteiger partial charge in [0.2, 0.25) is 0 Å². The van der Waals surface area contributed by atoms with E-state index in [1.165, 1.54) is 12.1 Å². The average molecular weight is 402 g/mol. The fourth-order valence-electron chi connectivity index (χ4n) is 2.53. The first-order chi connectivity index (χ1) is 13.4. The molecule has 3 aromatic rings. The van der Waals surface area contributed by atoms with Crippen LogP contribution in [0, 0.1) is 0 Å². The molecule has 3 rings (SSSR count). The second-order valence-electron chi connectivity index (χ2n) is 5.94. The van der Waals surface area contributed by atoms with E-state index in [-0.39, 0.29) is 17.3 Å². The van der Waals surface area contributed by atoms with Crippen LogP contribution < -0.4 is 16.4 Å². The van der Waals surface area contributed by atoms with E-state index in [1.807, 2.05) is 0 Å². The van der Waals surface area contributed by atoms with E-state index in [2.05, 4.69) is 10.4 Å². The van der Waals surface area contributed by atoms with E-state index in [9.17, 15) is 19.2 Å². The van der Waals surface area contributed by atoms with Gasteiger partial charge in [-0.2, -0.15) is 0 Å². The zero-order valence-electron chi connectivity index (χ0n) is 14.6. The highest BCUT2D eigenvalue weighted by Crippen LogP contribution is 2.09. The van der Waals surface area contributed by atoms with Crippen LogP contribution in [0.5, 0.6) is 0 Å². The number of amides is 1. The van der Waals surface area contributed by atoms with Gasteiger partial charge in [-0.25, -0.2) is 4.68 Å². The highest BCUT2D eigenvalue weighted by atomic mass is 35.5. The van der Waals surface area contributed by atoms with Gasteiger partial charge in [-0.3, -0.25) is 24.3 Å². The Bertz CT molecular complexity index is 1130. The largest absolute Gasteiger partial charge is 0.454 e. The predicted molar refractivity (Wildman–Crippen MR) is 103 cm³/mol. The summed E-state index contributed by atoms with van der Waals surface area (Å²) < 4.78 is 5.73. The van der Waals surface area contributed by atoms with Crippen molar-refractivity contribution in [2.75, 3.05) is 6.61 Å². The summed E-state index contributed by atoms with van der Waals surface area (Å²) in [6, 6.07) is 13.2. The molecule has 0 unspecified atom stereocenters. The number of nitrogens with zero attached hydrogens (tertiary/aromatic N) is 1. The number of aromatic amines is 1. The number of benzene rings is 2. The van der Waals surface area contributed by atoms with Crippen LogP contribution in [0.1, 0.15) is 5.56 Å². The van der Waals surface area contributed by atoms with Crippen molar-refractivity contribution in [2.45, 2.75) is 13.1 Å². The lowest BCUT2D eigenvalue weighted by molar-refractivity contribution is -0.149. The molecule has 1 heterocycles. The van der Waals surface area contributed by atoms with Gasteiger partial charge in [-0.15, -0.1) is 0 Å². The highest BCUT2D eigenvalue weighted by molar-refractivity contribution is 6.30. The third-order valence-corrected chi connectivity index (χ3v) is 4.19. The Hall–Kier alpha value is -3.39. The quantitative estimate of drug-likeness (QED) is 0.603. The third-order valence-electron chi connectivity index (χ3n) is 3.94. The Morgan fingerprint density at radius 3 is 2.43 bits per heavy atom. The van der Waals surface area contributed by atoms with Crippen molar-refractivity contribution in [2.24, 2.45) is 0 Å².